The molecule has 0 saturated heterocycles. The smallest absolute Gasteiger partial charge is 0.339 e. The number of pyridine rings is 1. The van der Waals surface area contributed by atoms with Gasteiger partial charge in [-0.3, -0.25) is 9.78 Å². The summed E-state index contributed by atoms with van der Waals surface area (Å²) in [6.07, 6.45) is 1.15. The van der Waals surface area contributed by atoms with Gasteiger partial charge >= 0.3 is 11.9 Å². The van der Waals surface area contributed by atoms with Crippen LogP contribution in [0, 0.1) is 6.92 Å². The van der Waals surface area contributed by atoms with Gasteiger partial charge in [0.1, 0.15) is 4.90 Å². The summed E-state index contributed by atoms with van der Waals surface area (Å²) in [6, 6.07) is 1.17. The van der Waals surface area contributed by atoms with Gasteiger partial charge in [-0.25, -0.2) is 17.9 Å². The number of aryl methyl sites for hydroxylation is 1. The van der Waals surface area contributed by atoms with Gasteiger partial charge in [-0.15, -0.1) is 0 Å². The number of methoxy groups -OCH3 is 1. The van der Waals surface area contributed by atoms with Gasteiger partial charge in [0.15, 0.2) is 0 Å². The number of rotatable bonds is 7. The Morgan fingerprint density at radius 1 is 1.43 bits per heavy atom. The van der Waals surface area contributed by atoms with E-state index in [0.29, 0.717) is 5.69 Å². The molecule has 0 radical (unpaired) electrons. The van der Waals surface area contributed by atoms with E-state index in [1.165, 1.54) is 13.2 Å². The summed E-state index contributed by atoms with van der Waals surface area (Å²) < 4.78 is 30.8. The standard InChI is InChI=1S/C12H16N2O6S/c1-8-10(12(17)20-2)6-9(7-13-8)21(18,19)14-5-3-4-11(15)16/h6-7,14H,3-5H2,1-2H3,(H,15,16). The molecule has 116 valence electrons. The summed E-state index contributed by atoms with van der Waals surface area (Å²) >= 11 is 0. The Bertz CT molecular complexity index is 641. The first-order chi connectivity index (χ1) is 9.77. The van der Waals surface area contributed by atoms with Crippen LogP contribution in [-0.4, -0.2) is 44.1 Å². The van der Waals surface area contributed by atoms with E-state index < -0.39 is 22.0 Å². The van der Waals surface area contributed by atoms with Gasteiger partial charge in [-0.1, -0.05) is 0 Å². The third-order valence-corrected chi connectivity index (χ3v) is 4.06. The number of esters is 1. The average Bonchev–Trinajstić information content (AvgIpc) is 2.43. The van der Waals surface area contributed by atoms with Crippen LogP contribution in [0.25, 0.3) is 0 Å². The van der Waals surface area contributed by atoms with Crippen LogP contribution in [0.3, 0.4) is 0 Å². The number of sulfonamides is 1. The number of aliphatic carboxylic acids is 1. The number of aromatic nitrogens is 1. The second kappa shape index (κ2) is 7.14. The van der Waals surface area contributed by atoms with Crippen LogP contribution in [0.5, 0.6) is 0 Å². The molecular weight excluding hydrogens is 300 g/mol. The molecule has 0 atom stereocenters. The maximum atomic E-state index is 12.0. The average molecular weight is 316 g/mol. The predicted octanol–water partition coefficient (Wildman–Crippen LogP) is 0.320. The van der Waals surface area contributed by atoms with Crippen molar-refractivity contribution < 1.29 is 27.9 Å². The van der Waals surface area contributed by atoms with E-state index in [-0.39, 0.29) is 29.8 Å². The molecule has 0 fully saturated rings. The van der Waals surface area contributed by atoms with E-state index in [1.807, 2.05) is 0 Å². The van der Waals surface area contributed by atoms with E-state index in [0.717, 1.165) is 6.20 Å². The molecule has 1 rings (SSSR count). The van der Waals surface area contributed by atoms with Gasteiger partial charge in [0.05, 0.1) is 18.4 Å². The molecular formula is C12H16N2O6S. The number of carbonyl (C=O) groups excluding carboxylic acids is 1. The van der Waals surface area contributed by atoms with Crippen molar-refractivity contribution in [2.75, 3.05) is 13.7 Å². The lowest BCUT2D eigenvalue weighted by atomic mass is 10.2. The molecule has 1 aromatic heterocycles. The Hall–Kier alpha value is -2.00. The van der Waals surface area contributed by atoms with Gasteiger partial charge in [0.25, 0.3) is 0 Å². The van der Waals surface area contributed by atoms with Crippen molar-refractivity contribution in [1.82, 2.24) is 9.71 Å². The summed E-state index contributed by atoms with van der Waals surface area (Å²) in [6.45, 7) is 1.54. The lowest BCUT2D eigenvalue weighted by Crippen LogP contribution is -2.26. The van der Waals surface area contributed by atoms with Crippen LogP contribution in [-0.2, 0) is 19.6 Å². The molecule has 0 saturated carbocycles. The predicted molar refractivity (Wildman–Crippen MR) is 72.4 cm³/mol. The second-order valence-electron chi connectivity index (χ2n) is 4.19. The van der Waals surface area contributed by atoms with Crippen molar-refractivity contribution in [2.24, 2.45) is 0 Å². The van der Waals surface area contributed by atoms with Crippen molar-refractivity contribution >= 4 is 22.0 Å². The molecule has 0 spiro atoms. The fourth-order valence-electron chi connectivity index (χ4n) is 1.51. The molecule has 0 bridgehead atoms. The van der Waals surface area contributed by atoms with Crippen LogP contribution >= 0.6 is 0 Å². The maximum absolute atomic E-state index is 12.0. The van der Waals surface area contributed by atoms with Crippen molar-refractivity contribution in [3.8, 4) is 0 Å². The third-order valence-electron chi connectivity index (χ3n) is 2.64. The minimum atomic E-state index is -3.85. The molecule has 0 aromatic carbocycles. The van der Waals surface area contributed by atoms with E-state index in [2.05, 4.69) is 14.4 Å². The zero-order valence-corrected chi connectivity index (χ0v) is 12.4. The number of ether oxygens (including phenoxy) is 1. The highest BCUT2D eigenvalue weighted by molar-refractivity contribution is 7.89. The Labute approximate surface area is 122 Å². The van der Waals surface area contributed by atoms with E-state index in [4.69, 9.17) is 5.11 Å². The Morgan fingerprint density at radius 3 is 2.67 bits per heavy atom. The summed E-state index contributed by atoms with van der Waals surface area (Å²) in [5.41, 5.74) is 0.414. The molecule has 9 heteroatoms. The van der Waals surface area contributed by atoms with E-state index in [1.54, 1.807) is 6.92 Å². The van der Waals surface area contributed by atoms with Gasteiger partial charge in [0.2, 0.25) is 10.0 Å². The lowest BCUT2D eigenvalue weighted by molar-refractivity contribution is -0.137. The van der Waals surface area contributed by atoms with Crippen LogP contribution in [0.2, 0.25) is 0 Å². The number of hydrogen-bond acceptors (Lipinski definition) is 6. The molecule has 1 aromatic rings. The highest BCUT2D eigenvalue weighted by Crippen LogP contribution is 2.14. The van der Waals surface area contributed by atoms with Crippen LogP contribution in [0.1, 0.15) is 28.9 Å². The molecule has 0 aliphatic rings. The molecule has 0 aliphatic heterocycles. The lowest BCUT2D eigenvalue weighted by Gasteiger charge is -2.08. The maximum Gasteiger partial charge on any atom is 0.339 e. The van der Waals surface area contributed by atoms with E-state index >= 15 is 0 Å². The normalized spacial score (nSPS) is 11.1. The van der Waals surface area contributed by atoms with Crippen molar-refractivity contribution in [2.45, 2.75) is 24.7 Å². The van der Waals surface area contributed by atoms with Crippen LogP contribution in [0.4, 0.5) is 0 Å². The number of hydrogen-bond donors (Lipinski definition) is 2. The van der Waals surface area contributed by atoms with Crippen molar-refractivity contribution in [1.29, 1.82) is 0 Å². The van der Waals surface area contributed by atoms with Gasteiger partial charge in [0, 0.05) is 19.2 Å². The number of carbonyl (C=O) groups is 2. The number of carboxylic acid groups (broad SMARTS) is 1. The summed E-state index contributed by atoms with van der Waals surface area (Å²) in [7, 11) is -2.66. The fourth-order valence-corrected chi connectivity index (χ4v) is 2.55. The molecule has 1 heterocycles. The Morgan fingerprint density at radius 2 is 2.10 bits per heavy atom. The number of nitrogens with one attached hydrogen (secondary N) is 1. The Kier molecular flexibility index (Phi) is 5.79. The summed E-state index contributed by atoms with van der Waals surface area (Å²) in [5, 5.41) is 8.48. The van der Waals surface area contributed by atoms with Gasteiger partial charge in [-0.2, -0.15) is 0 Å². The molecule has 21 heavy (non-hydrogen) atoms. The van der Waals surface area contributed by atoms with Gasteiger partial charge in [-0.05, 0) is 19.4 Å². The highest BCUT2D eigenvalue weighted by atomic mass is 32.2. The topological polar surface area (TPSA) is 123 Å². The fraction of sp³-hybridized carbons (Fsp3) is 0.417. The number of nitrogens with zero attached hydrogens (tertiary/aromatic N) is 1. The largest absolute Gasteiger partial charge is 0.481 e. The summed E-state index contributed by atoms with van der Waals surface area (Å²) in [5.74, 6) is -1.68. The van der Waals surface area contributed by atoms with Crippen LogP contribution < -0.4 is 4.72 Å². The SMILES string of the molecule is COC(=O)c1cc(S(=O)(=O)NCCCC(=O)O)cnc1C. The van der Waals surface area contributed by atoms with Crippen molar-refractivity contribution in [3.63, 3.8) is 0 Å². The molecule has 0 unspecified atom stereocenters. The zero-order chi connectivity index (χ0) is 16.0. The Balaban J connectivity index is 2.88. The quantitative estimate of drug-likeness (QED) is 0.548. The minimum Gasteiger partial charge on any atom is -0.481 e. The molecule has 8 nitrogen and oxygen atoms in total. The second-order valence-corrected chi connectivity index (χ2v) is 5.96. The number of carboxylic acids is 1. The zero-order valence-electron chi connectivity index (χ0n) is 11.6. The van der Waals surface area contributed by atoms with Crippen molar-refractivity contribution in [3.05, 3.63) is 23.5 Å². The third kappa shape index (κ3) is 4.80. The molecule has 0 aliphatic carbocycles. The first-order valence-corrected chi connectivity index (χ1v) is 7.52. The van der Waals surface area contributed by atoms with Gasteiger partial charge < -0.3 is 9.84 Å². The monoisotopic (exact) mass is 316 g/mol. The molecule has 0 amide bonds. The first kappa shape index (κ1) is 17.1. The minimum absolute atomic E-state index is 0.0178. The summed E-state index contributed by atoms with van der Waals surface area (Å²) in [4.78, 5) is 25.5. The van der Waals surface area contributed by atoms with E-state index in [9.17, 15) is 18.0 Å². The first-order valence-electron chi connectivity index (χ1n) is 6.04. The highest BCUT2D eigenvalue weighted by Gasteiger charge is 2.19. The van der Waals surface area contributed by atoms with Crippen LogP contribution in [0.15, 0.2) is 17.2 Å². The molecule has 2 N–H and O–H groups in total.